The first-order valence-electron chi connectivity index (χ1n) is 11.8. The van der Waals surface area contributed by atoms with Crippen LogP contribution in [0.25, 0.3) is 0 Å². The minimum absolute atomic E-state index is 0.0596. The van der Waals surface area contributed by atoms with E-state index in [4.69, 9.17) is 18.9 Å². The van der Waals surface area contributed by atoms with E-state index in [1.165, 1.54) is 7.11 Å². The first kappa shape index (κ1) is 25.3. The van der Waals surface area contributed by atoms with Gasteiger partial charge >= 0.3 is 5.97 Å². The Labute approximate surface area is 210 Å². The van der Waals surface area contributed by atoms with E-state index in [-0.39, 0.29) is 37.1 Å². The van der Waals surface area contributed by atoms with Gasteiger partial charge in [-0.05, 0) is 54.7 Å². The molecule has 0 amide bonds. The van der Waals surface area contributed by atoms with Crippen molar-refractivity contribution in [2.24, 2.45) is 0 Å². The number of Topliss-reactive ketones (excluding diaryl/α,β-unsaturated/α-hetero) is 1. The predicted molar refractivity (Wildman–Crippen MR) is 133 cm³/mol. The molecule has 8 nitrogen and oxygen atoms in total. The van der Waals surface area contributed by atoms with Crippen molar-refractivity contribution in [2.75, 3.05) is 34.5 Å². The molecule has 2 atom stereocenters. The smallest absolute Gasteiger partial charge is 0.336 e. The minimum atomic E-state index is -0.651. The molecule has 0 unspecified atom stereocenters. The molecule has 0 saturated heterocycles. The number of allylic oxidation sites excluding steroid dienone is 3. The zero-order valence-corrected chi connectivity index (χ0v) is 20.9. The standard InChI is InChI=1S/C28H31NO7/c1-16-25(28(32)36-11-10-33-2)26(18-6-5-7-20(30)12-18)27-21(29-16)13-19(14-22(27)31)17-8-9-23(34-3)24(15-17)35-4/h5-9,12,15,19,26,29-30H,10-11,13-14H2,1-4H3/t19-,26+/m1/s1. The van der Waals surface area contributed by atoms with Gasteiger partial charge in [0.05, 0.1) is 26.4 Å². The van der Waals surface area contributed by atoms with Crippen molar-refractivity contribution in [3.05, 3.63) is 76.1 Å². The SMILES string of the molecule is COCCOC(=O)C1=C(C)NC2=C(C(=O)C[C@H](c3ccc(OC)c(OC)c3)C2)[C@H]1c1cccc(O)c1. The summed E-state index contributed by atoms with van der Waals surface area (Å²) in [6.45, 7) is 2.17. The maximum Gasteiger partial charge on any atom is 0.336 e. The Hall–Kier alpha value is -3.78. The molecule has 0 spiro atoms. The number of ketones is 1. The molecule has 0 fully saturated rings. The lowest BCUT2D eigenvalue weighted by Gasteiger charge is -2.36. The number of dihydropyridines is 1. The molecular formula is C28H31NO7. The number of nitrogens with one attached hydrogen (secondary N) is 1. The van der Waals surface area contributed by atoms with Crippen molar-refractivity contribution in [1.82, 2.24) is 5.32 Å². The summed E-state index contributed by atoms with van der Waals surface area (Å²) in [7, 11) is 4.69. The fraction of sp³-hybridized carbons (Fsp3) is 0.357. The lowest BCUT2D eigenvalue weighted by Crippen LogP contribution is -2.36. The van der Waals surface area contributed by atoms with Crippen molar-refractivity contribution in [3.63, 3.8) is 0 Å². The number of phenols is 1. The summed E-state index contributed by atoms with van der Waals surface area (Å²) in [5, 5.41) is 13.5. The van der Waals surface area contributed by atoms with Crippen LogP contribution in [0.5, 0.6) is 17.2 Å². The lowest BCUT2D eigenvalue weighted by molar-refractivity contribution is -0.140. The molecule has 1 aliphatic heterocycles. The molecule has 2 N–H and O–H groups in total. The Morgan fingerprint density at radius 2 is 1.78 bits per heavy atom. The molecule has 0 bridgehead atoms. The second-order valence-electron chi connectivity index (χ2n) is 8.86. The van der Waals surface area contributed by atoms with E-state index in [1.54, 1.807) is 39.3 Å². The summed E-state index contributed by atoms with van der Waals surface area (Å²) >= 11 is 0. The second kappa shape index (κ2) is 10.9. The summed E-state index contributed by atoms with van der Waals surface area (Å²) in [5.41, 5.74) is 3.89. The van der Waals surface area contributed by atoms with Crippen molar-refractivity contribution in [2.45, 2.75) is 31.6 Å². The number of ether oxygens (including phenoxy) is 4. The van der Waals surface area contributed by atoms with Crippen LogP contribution in [0.4, 0.5) is 0 Å². The number of methoxy groups -OCH3 is 3. The highest BCUT2D eigenvalue weighted by molar-refractivity contribution is 6.04. The summed E-state index contributed by atoms with van der Waals surface area (Å²) in [5.74, 6) is -0.0200. The Morgan fingerprint density at radius 1 is 1.00 bits per heavy atom. The normalized spacial score (nSPS) is 19.5. The van der Waals surface area contributed by atoms with Crippen molar-refractivity contribution >= 4 is 11.8 Å². The molecule has 2 aromatic carbocycles. The van der Waals surface area contributed by atoms with Gasteiger partial charge in [-0.25, -0.2) is 4.79 Å². The van der Waals surface area contributed by atoms with Crippen LogP contribution in [-0.4, -0.2) is 51.4 Å². The van der Waals surface area contributed by atoms with Gasteiger partial charge in [-0.2, -0.15) is 0 Å². The molecule has 0 saturated carbocycles. The van der Waals surface area contributed by atoms with Crippen molar-refractivity contribution in [1.29, 1.82) is 0 Å². The molecular weight excluding hydrogens is 462 g/mol. The van der Waals surface area contributed by atoms with Crippen LogP contribution in [0.15, 0.2) is 65.0 Å². The van der Waals surface area contributed by atoms with Crippen LogP contribution >= 0.6 is 0 Å². The number of esters is 1. The topological polar surface area (TPSA) is 103 Å². The average Bonchev–Trinajstić information content (AvgIpc) is 2.87. The average molecular weight is 494 g/mol. The van der Waals surface area contributed by atoms with E-state index in [2.05, 4.69) is 5.32 Å². The van der Waals surface area contributed by atoms with Gasteiger partial charge < -0.3 is 29.4 Å². The molecule has 1 heterocycles. The molecule has 36 heavy (non-hydrogen) atoms. The van der Waals surface area contributed by atoms with Crippen LogP contribution < -0.4 is 14.8 Å². The van der Waals surface area contributed by atoms with E-state index >= 15 is 0 Å². The zero-order chi connectivity index (χ0) is 25.8. The maximum absolute atomic E-state index is 13.7. The Balaban J connectivity index is 1.74. The third kappa shape index (κ3) is 4.95. The van der Waals surface area contributed by atoms with E-state index in [0.717, 1.165) is 11.3 Å². The first-order chi connectivity index (χ1) is 17.4. The summed E-state index contributed by atoms with van der Waals surface area (Å²) in [6, 6.07) is 12.3. The summed E-state index contributed by atoms with van der Waals surface area (Å²) in [6.07, 6.45) is 0.853. The van der Waals surface area contributed by atoms with Crippen molar-refractivity contribution in [3.8, 4) is 17.2 Å². The molecule has 2 aliphatic rings. The first-order valence-corrected chi connectivity index (χ1v) is 11.8. The fourth-order valence-electron chi connectivity index (χ4n) is 4.99. The number of hydrogen-bond donors (Lipinski definition) is 2. The molecule has 190 valence electrons. The van der Waals surface area contributed by atoms with Crippen LogP contribution in [0.1, 0.15) is 42.7 Å². The molecule has 0 aromatic heterocycles. The maximum atomic E-state index is 13.7. The Morgan fingerprint density at radius 3 is 2.47 bits per heavy atom. The number of hydrogen-bond acceptors (Lipinski definition) is 8. The quantitative estimate of drug-likeness (QED) is 0.421. The molecule has 8 heteroatoms. The zero-order valence-electron chi connectivity index (χ0n) is 20.9. The number of phenolic OH excluding ortho intramolecular Hbond substituents is 1. The second-order valence-corrected chi connectivity index (χ2v) is 8.86. The van der Waals surface area contributed by atoms with Gasteiger partial charge in [0.2, 0.25) is 0 Å². The van der Waals surface area contributed by atoms with Crippen LogP contribution in [0.2, 0.25) is 0 Å². The highest BCUT2D eigenvalue weighted by atomic mass is 16.6. The molecule has 0 radical (unpaired) electrons. The van der Waals surface area contributed by atoms with E-state index < -0.39 is 11.9 Å². The highest BCUT2D eigenvalue weighted by Gasteiger charge is 2.41. The molecule has 4 rings (SSSR count). The summed E-state index contributed by atoms with van der Waals surface area (Å²) < 4.78 is 21.2. The molecule has 1 aliphatic carbocycles. The van der Waals surface area contributed by atoms with E-state index in [0.29, 0.717) is 40.3 Å². The number of carbonyl (C=O) groups is 2. The third-order valence-electron chi connectivity index (χ3n) is 6.65. The van der Waals surface area contributed by atoms with Gasteiger partial charge in [0.15, 0.2) is 17.3 Å². The van der Waals surface area contributed by atoms with Gasteiger partial charge in [-0.3, -0.25) is 4.79 Å². The Kier molecular flexibility index (Phi) is 7.64. The highest BCUT2D eigenvalue weighted by Crippen LogP contribution is 2.46. The Bertz CT molecular complexity index is 1230. The van der Waals surface area contributed by atoms with Gasteiger partial charge in [0, 0.05) is 36.4 Å². The van der Waals surface area contributed by atoms with E-state index in [1.807, 2.05) is 24.3 Å². The monoisotopic (exact) mass is 493 g/mol. The molecule has 2 aromatic rings. The van der Waals surface area contributed by atoms with Gasteiger partial charge in [-0.15, -0.1) is 0 Å². The fourth-order valence-corrected chi connectivity index (χ4v) is 4.99. The van der Waals surface area contributed by atoms with Gasteiger partial charge in [-0.1, -0.05) is 18.2 Å². The third-order valence-corrected chi connectivity index (χ3v) is 6.65. The van der Waals surface area contributed by atoms with Crippen LogP contribution in [0, 0.1) is 0 Å². The lowest BCUT2D eigenvalue weighted by atomic mass is 9.71. The van der Waals surface area contributed by atoms with Crippen LogP contribution in [-0.2, 0) is 19.1 Å². The minimum Gasteiger partial charge on any atom is -0.508 e. The summed E-state index contributed by atoms with van der Waals surface area (Å²) in [4.78, 5) is 26.8. The van der Waals surface area contributed by atoms with Gasteiger partial charge in [0.1, 0.15) is 12.4 Å². The number of aromatic hydroxyl groups is 1. The van der Waals surface area contributed by atoms with E-state index in [9.17, 15) is 14.7 Å². The number of rotatable bonds is 8. The predicted octanol–water partition coefficient (Wildman–Crippen LogP) is 3.96. The largest absolute Gasteiger partial charge is 0.508 e. The van der Waals surface area contributed by atoms with Crippen molar-refractivity contribution < 1.29 is 33.6 Å². The van der Waals surface area contributed by atoms with Gasteiger partial charge in [0.25, 0.3) is 0 Å². The van der Waals surface area contributed by atoms with Crippen LogP contribution in [0.3, 0.4) is 0 Å². The number of benzene rings is 2. The number of carbonyl (C=O) groups excluding carboxylic acids is 2.